The van der Waals surface area contributed by atoms with E-state index in [2.05, 4.69) is 5.32 Å². The molecule has 0 aromatic heterocycles. The van der Waals surface area contributed by atoms with Gasteiger partial charge in [-0.05, 0) is 24.3 Å². The Labute approximate surface area is 150 Å². The molecule has 1 aliphatic carbocycles. The smallest absolute Gasteiger partial charge is 0.311 e. The molecule has 6 nitrogen and oxygen atoms in total. The first-order valence-corrected chi connectivity index (χ1v) is 8.79. The third-order valence-electron chi connectivity index (χ3n) is 5.46. The molecule has 0 spiro atoms. The fourth-order valence-electron chi connectivity index (χ4n) is 3.58. The molecule has 2 aromatic rings. The first kappa shape index (κ1) is 16.6. The van der Waals surface area contributed by atoms with E-state index < -0.39 is 17.3 Å². The second-order valence-corrected chi connectivity index (χ2v) is 7.21. The Morgan fingerprint density at radius 1 is 1.15 bits per heavy atom. The topological polar surface area (TPSA) is 86.7 Å². The van der Waals surface area contributed by atoms with Crippen molar-refractivity contribution in [2.24, 2.45) is 11.3 Å². The van der Waals surface area contributed by atoms with Gasteiger partial charge in [-0.1, -0.05) is 36.4 Å². The molecule has 0 radical (unpaired) electrons. The van der Waals surface area contributed by atoms with Crippen LogP contribution in [0, 0.1) is 11.3 Å². The van der Waals surface area contributed by atoms with Gasteiger partial charge in [-0.2, -0.15) is 0 Å². The van der Waals surface area contributed by atoms with E-state index in [9.17, 15) is 19.5 Å². The molecule has 1 unspecified atom stereocenters. The summed E-state index contributed by atoms with van der Waals surface area (Å²) in [7, 11) is 0. The highest BCUT2D eigenvalue weighted by Crippen LogP contribution is 2.45. The Kier molecular flexibility index (Phi) is 3.90. The Morgan fingerprint density at radius 2 is 1.88 bits per heavy atom. The summed E-state index contributed by atoms with van der Waals surface area (Å²) in [5.41, 5.74) is 0.0146. The monoisotopic (exact) mass is 352 g/mol. The van der Waals surface area contributed by atoms with Gasteiger partial charge in [0.15, 0.2) is 0 Å². The van der Waals surface area contributed by atoms with Gasteiger partial charge >= 0.3 is 5.97 Å². The fourth-order valence-corrected chi connectivity index (χ4v) is 3.58. The minimum absolute atomic E-state index is 0.0825. The van der Waals surface area contributed by atoms with Gasteiger partial charge in [0.1, 0.15) is 0 Å². The van der Waals surface area contributed by atoms with Crippen molar-refractivity contribution >= 4 is 34.2 Å². The van der Waals surface area contributed by atoms with Gasteiger partial charge in [-0.25, -0.2) is 0 Å². The van der Waals surface area contributed by atoms with Gasteiger partial charge in [0.2, 0.25) is 11.8 Å². The van der Waals surface area contributed by atoms with E-state index >= 15 is 0 Å². The first-order chi connectivity index (χ1) is 12.5. The van der Waals surface area contributed by atoms with Crippen LogP contribution in [0.15, 0.2) is 42.5 Å². The minimum Gasteiger partial charge on any atom is -0.481 e. The normalized spacial score (nSPS) is 21.0. The summed E-state index contributed by atoms with van der Waals surface area (Å²) in [6.07, 6.45) is 1.33. The molecule has 26 heavy (non-hydrogen) atoms. The lowest BCUT2D eigenvalue weighted by atomic mass is 10.1. The van der Waals surface area contributed by atoms with Gasteiger partial charge in [0.25, 0.3) is 0 Å². The molecule has 2 fully saturated rings. The number of nitrogens with zero attached hydrogens (tertiary/aromatic N) is 1. The second kappa shape index (κ2) is 6.12. The number of amides is 2. The highest BCUT2D eigenvalue weighted by Gasteiger charge is 2.50. The molecule has 2 amide bonds. The van der Waals surface area contributed by atoms with Crippen LogP contribution in [0.25, 0.3) is 10.8 Å². The summed E-state index contributed by atoms with van der Waals surface area (Å²) in [5, 5.41) is 14.0. The largest absolute Gasteiger partial charge is 0.481 e. The lowest BCUT2D eigenvalue weighted by molar-refractivity contribution is -0.143. The van der Waals surface area contributed by atoms with Crippen molar-refractivity contribution < 1.29 is 19.5 Å². The molecule has 1 aliphatic heterocycles. The summed E-state index contributed by atoms with van der Waals surface area (Å²) in [5.74, 6) is -1.64. The van der Waals surface area contributed by atoms with Crippen LogP contribution in [-0.2, 0) is 14.4 Å². The van der Waals surface area contributed by atoms with Crippen LogP contribution in [0.5, 0.6) is 0 Å². The number of carboxylic acids is 1. The Balaban J connectivity index is 1.48. The summed E-state index contributed by atoms with van der Waals surface area (Å²) >= 11 is 0. The number of rotatable bonds is 5. The molecular formula is C20H20N2O4. The molecule has 1 saturated carbocycles. The van der Waals surface area contributed by atoms with Crippen molar-refractivity contribution in [3.63, 3.8) is 0 Å². The standard InChI is InChI=1S/C20H20N2O4/c23-17-10-14(18(24)21-12-20(8-9-20)19(25)26)11-22(17)16-7-3-5-13-4-1-2-6-15(13)16/h1-7,14H,8-12H2,(H,21,24)(H,25,26). The van der Waals surface area contributed by atoms with Crippen molar-refractivity contribution in [2.45, 2.75) is 19.3 Å². The summed E-state index contributed by atoms with van der Waals surface area (Å²) in [6, 6.07) is 13.6. The molecule has 1 heterocycles. The van der Waals surface area contributed by atoms with Crippen LogP contribution >= 0.6 is 0 Å². The van der Waals surface area contributed by atoms with E-state index in [-0.39, 0.29) is 24.8 Å². The molecule has 1 atom stereocenters. The van der Waals surface area contributed by atoms with E-state index in [1.165, 1.54) is 0 Å². The maximum absolute atomic E-state index is 12.5. The lowest BCUT2D eigenvalue weighted by Crippen LogP contribution is -2.38. The maximum atomic E-state index is 12.5. The molecule has 4 rings (SSSR count). The number of hydrogen-bond donors (Lipinski definition) is 2. The van der Waals surface area contributed by atoms with E-state index in [1.807, 2.05) is 42.5 Å². The average molecular weight is 352 g/mol. The molecular weight excluding hydrogens is 332 g/mol. The lowest BCUT2D eigenvalue weighted by Gasteiger charge is -2.19. The minimum atomic E-state index is -0.863. The van der Waals surface area contributed by atoms with E-state index in [1.54, 1.807) is 4.90 Å². The van der Waals surface area contributed by atoms with Crippen molar-refractivity contribution in [2.75, 3.05) is 18.0 Å². The van der Waals surface area contributed by atoms with Gasteiger partial charge in [0, 0.05) is 24.9 Å². The van der Waals surface area contributed by atoms with Gasteiger partial charge in [0.05, 0.1) is 17.0 Å². The number of hydrogen-bond acceptors (Lipinski definition) is 3. The molecule has 6 heteroatoms. The SMILES string of the molecule is O=C(NCC1(C(=O)O)CC1)C1CC(=O)N(c2cccc3ccccc23)C1. The number of fused-ring (bicyclic) bond motifs is 1. The summed E-state index contributed by atoms with van der Waals surface area (Å²) in [6.45, 7) is 0.457. The van der Waals surface area contributed by atoms with Crippen LogP contribution in [0.2, 0.25) is 0 Å². The molecule has 2 aliphatic rings. The zero-order valence-corrected chi connectivity index (χ0v) is 14.3. The Morgan fingerprint density at radius 3 is 2.62 bits per heavy atom. The number of anilines is 1. The number of carboxylic acid groups (broad SMARTS) is 1. The van der Waals surface area contributed by atoms with Crippen LogP contribution in [0.3, 0.4) is 0 Å². The number of aliphatic carboxylic acids is 1. The van der Waals surface area contributed by atoms with Crippen molar-refractivity contribution in [1.29, 1.82) is 0 Å². The zero-order chi connectivity index (χ0) is 18.3. The van der Waals surface area contributed by atoms with Gasteiger partial charge < -0.3 is 15.3 Å². The highest BCUT2D eigenvalue weighted by molar-refractivity contribution is 6.07. The molecule has 134 valence electrons. The third kappa shape index (κ3) is 2.81. The molecule has 0 bridgehead atoms. The average Bonchev–Trinajstić information content (AvgIpc) is 3.35. The van der Waals surface area contributed by atoms with Crippen LogP contribution < -0.4 is 10.2 Å². The maximum Gasteiger partial charge on any atom is 0.311 e. The molecule has 1 saturated heterocycles. The van der Waals surface area contributed by atoms with Crippen molar-refractivity contribution in [1.82, 2.24) is 5.32 Å². The van der Waals surface area contributed by atoms with Crippen LogP contribution in [0.1, 0.15) is 19.3 Å². The molecule has 2 N–H and O–H groups in total. The van der Waals surface area contributed by atoms with Crippen molar-refractivity contribution in [3.05, 3.63) is 42.5 Å². The number of carbonyl (C=O) groups is 3. The number of benzene rings is 2. The number of nitrogens with one attached hydrogen (secondary N) is 1. The second-order valence-electron chi connectivity index (χ2n) is 7.21. The fraction of sp³-hybridized carbons (Fsp3) is 0.350. The summed E-state index contributed by atoms with van der Waals surface area (Å²) in [4.78, 5) is 37.8. The predicted molar refractivity (Wildman–Crippen MR) is 96.7 cm³/mol. The summed E-state index contributed by atoms with van der Waals surface area (Å²) < 4.78 is 0. The van der Waals surface area contributed by atoms with E-state index in [0.717, 1.165) is 16.5 Å². The van der Waals surface area contributed by atoms with Gasteiger partial charge in [-0.3, -0.25) is 14.4 Å². The zero-order valence-electron chi connectivity index (χ0n) is 14.3. The van der Waals surface area contributed by atoms with Gasteiger partial charge in [-0.15, -0.1) is 0 Å². The van der Waals surface area contributed by atoms with Crippen molar-refractivity contribution in [3.8, 4) is 0 Å². The predicted octanol–water partition coefficient (Wildman–Crippen LogP) is 2.17. The van der Waals surface area contributed by atoms with Crippen LogP contribution in [-0.4, -0.2) is 36.0 Å². The molecule has 2 aromatic carbocycles. The Bertz CT molecular complexity index is 898. The van der Waals surface area contributed by atoms with E-state index in [0.29, 0.717) is 19.4 Å². The number of carbonyl (C=O) groups excluding carboxylic acids is 2. The highest BCUT2D eigenvalue weighted by atomic mass is 16.4. The quantitative estimate of drug-likeness (QED) is 0.863. The first-order valence-electron chi connectivity index (χ1n) is 8.79. The third-order valence-corrected chi connectivity index (χ3v) is 5.46. The van der Waals surface area contributed by atoms with Crippen LogP contribution in [0.4, 0.5) is 5.69 Å². The Hall–Kier alpha value is -2.89. The van der Waals surface area contributed by atoms with E-state index in [4.69, 9.17) is 0 Å².